The predicted molar refractivity (Wildman–Crippen MR) is 78.8 cm³/mol. The summed E-state index contributed by atoms with van der Waals surface area (Å²) in [7, 11) is 0. The van der Waals surface area contributed by atoms with Crippen LogP contribution in [0.15, 0.2) is 6.20 Å². The normalized spacial score (nSPS) is 19.7. The molecule has 1 fully saturated rings. The standard InChI is InChI=1S/C13H21F3N4S/c1-3-19-4-6-20(7-5-19)10(2)8-17-12-18-9-11(21-12)13(14,15)16/h9-10H,3-8H2,1-2H3,(H,17,18). The van der Waals surface area contributed by atoms with Gasteiger partial charge in [-0.2, -0.15) is 13.2 Å². The second-order valence-corrected chi connectivity index (χ2v) is 6.26. The lowest BCUT2D eigenvalue weighted by Crippen LogP contribution is -2.50. The van der Waals surface area contributed by atoms with Crippen LogP contribution < -0.4 is 5.32 Å². The van der Waals surface area contributed by atoms with Crippen LogP contribution in [0.1, 0.15) is 18.7 Å². The Balaban J connectivity index is 1.79. The SMILES string of the molecule is CCN1CCN(C(C)CNc2ncc(C(F)(F)F)s2)CC1. The number of alkyl halides is 3. The zero-order valence-corrected chi connectivity index (χ0v) is 13.1. The lowest BCUT2D eigenvalue weighted by atomic mass is 10.2. The molecular weight excluding hydrogens is 301 g/mol. The van der Waals surface area contributed by atoms with Crippen LogP contribution in [0.5, 0.6) is 0 Å². The summed E-state index contributed by atoms with van der Waals surface area (Å²) in [6, 6.07) is 0.280. The Morgan fingerprint density at radius 2 is 2.00 bits per heavy atom. The minimum atomic E-state index is -4.31. The molecule has 8 heteroatoms. The molecule has 2 heterocycles. The topological polar surface area (TPSA) is 31.4 Å². The van der Waals surface area contributed by atoms with Gasteiger partial charge < -0.3 is 10.2 Å². The number of thiazole rings is 1. The zero-order chi connectivity index (χ0) is 15.5. The Morgan fingerprint density at radius 3 is 2.52 bits per heavy atom. The third-order valence-electron chi connectivity index (χ3n) is 3.81. The third kappa shape index (κ3) is 4.55. The third-order valence-corrected chi connectivity index (χ3v) is 4.81. The van der Waals surface area contributed by atoms with Crippen molar-refractivity contribution in [2.75, 3.05) is 44.6 Å². The molecule has 0 aromatic carbocycles. The Labute approximate surface area is 127 Å². The fraction of sp³-hybridized carbons (Fsp3) is 0.769. The Morgan fingerprint density at radius 1 is 1.33 bits per heavy atom. The highest BCUT2D eigenvalue weighted by Crippen LogP contribution is 2.34. The monoisotopic (exact) mass is 322 g/mol. The molecule has 0 spiro atoms. The summed E-state index contributed by atoms with van der Waals surface area (Å²) in [6.07, 6.45) is -3.42. The van der Waals surface area contributed by atoms with Crippen molar-refractivity contribution >= 4 is 16.5 Å². The van der Waals surface area contributed by atoms with Crippen LogP contribution in [0.3, 0.4) is 0 Å². The molecule has 1 aliphatic heterocycles. The van der Waals surface area contributed by atoms with Gasteiger partial charge in [-0.15, -0.1) is 0 Å². The molecule has 2 rings (SSSR count). The molecule has 0 amide bonds. The van der Waals surface area contributed by atoms with E-state index in [1.54, 1.807) is 0 Å². The van der Waals surface area contributed by atoms with Gasteiger partial charge in [0.25, 0.3) is 0 Å². The molecule has 1 aliphatic rings. The molecule has 0 saturated carbocycles. The highest BCUT2D eigenvalue weighted by atomic mass is 32.1. The molecular formula is C13H21F3N4S. The van der Waals surface area contributed by atoms with Crippen molar-refractivity contribution in [3.8, 4) is 0 Å². The van der Waals surface area contributed by atoms with Gasteiger partial charge in [-0.1, -0.05) is 18.3 Å². The van der Waals surface area contributed by atoms with Crippen molar-refractivity contribution in [3.63, 3.8) is 0 Å². The summed E-state index contributed by atoms with van der Waals surface area (Å²) < 4.78 is 37.5. The number of hydrogen-bond donors (Lipinski definition) is 1. The van der Waals surface area contributed by atoms with Crippen molar-refractivity contribution in [1.82, 2.24) is 14.8 Å². The number of likely N-dealkylation sites (N-methyl/N-ethyl adjacent to an activating group) is 1. The van der Waals surface area contributed by atoms with Crippen LogP contribution in [-0.4, -0.2) is 60.1 Å². The van der Waals surface area contributed by atoms with Gasteiger partial charge in [0.15, 0.2) is 5.13 Å². The maximum absolute atomic E-state index is 12.5. The van der Waals surface area contributed by atoms with Gasteiger partial charge in [-0.05, 0) is 13.5 Å². The van der Waals surface area contributed by atoms with E-state index in [1.165, 1.54) is 0 Å². The van der Waals surface area contributed by atoms with Crippen LogP contribution in [0.4, 0.5) is 18.3 Å². The minimum Gasteiger partial charge on any atom is -0.360 e. The molecule has 0 aliphatic carbocycles. The van der Waals surface area contributed by atoms with E-state index in [9.17, 15) is 13.2 Å². The molecule has 1 atom stereocenters. The summed E-state index contributed by atoms with van der Waals surface area (Å²) >= 11 is 0.659. The summed E-state index contributed by atoms with van der Waals surface area (Å²) in [5, 5.41) is 3.35. The van der Waals surface area contributed by atoms with Crippen LogP contribution >= 0.6 is 11.3 Å². The average Bonchev–Trinajstić information content (AvgIpc) is 2.94. The van der Waals surface area contributed by atoms with Crippen molar-refractivity contribution in [2.24, 2.45) is 0 Å². The highest BCUT2D eigenvalue weighted by Gasteiger charge is 2.33. The lowest BCUT2D eigenvalue weighted by molar-refractivity contribution is -0.134. The van der Waals surface area contributed by atoms with Gasteiger partial charge in [0, 0.05) is 38.8 Å². The van der Waals surface area contributed by atoms with Gasteiger partial charge in [0.2, 0.25) is 0 Å². The zero-order valence-electron chi connectivity index (χ0n) is 12.3. The smallest absolute Gasteiger partial charge is 0.360 e. The van der Waals surface area contributed by atoms with Crippen molar-refractivity contribution in [1.29, 1.82) is 0 Å². The Kier molecular flexibility index (Phi) is 5.45. The number of nitrogens with zero attached hydrogens (tertiary/aromatic N) is 3. The number of nitrogens with one attached hydrogen (secondary N) is 1. The number of aromatic nitrogens is 1. The maximum atomic E-state index is 12.5. The first-order valence-corrected chi connectivity index (χ1v) is 7.95. The van der Waals surface area contributed by atoms with Crippen molar-refractivity contribution in [2.45, 2.75) is 26.1 Å². The summed E-state index contributed by atoms with van der Waals surface area (Å²) in [5.74, 6) is 0. The highest BCUT2D eigenvalue weighted by molar-refractivity contribution is 7.15. The van der Waals surface area contributed by atoms with E-state index in [4.69, 9.17) is 0 Å². The predicted octanol–water partition coefficient (Wildman–Crippen LogP) is 2.60. The fourth-order valence-electron chi connectivity index (χ4n) is 2.37. The molecule has 1 aromatic heterocycles. The number of hydrogen-bond acceptors (Lipinski definition) is 5. The van der Waals surface area contributed by atoms with E-state index in [0.29, 0.717) is 23.0 Å². The van der Waals surface area contributed by atoms with Crippen LogP contribution in [0, 0.1) is 0 Å². The van der Waals surface area contributed by atoms with Gasteiger partial charge in [-0.3, -0.25) is 4.90 Å². The number of anilines is 1. The second kappa shape index (κ2) is 6.93. The summed E-state index contributed by atoms with van der Waals surface area (Å²) in [6.45, 7) is 10.0. The van der Waals surface area contributed by atoms with Crippen LogP contribution in [0.2, 0.25) is 0 Å². The van der Waals surface area contributed by atoms with Gasteiger partial charge in [-0.25, -0.2) is 4.98 Å². The lowest BCUT2D eigenvalue weighted by Gasteiger charge is -2.37. The van der Waals surface area contributed by atoms with Gasteiger partial charge in [0.05, 0.1) is 6.20 Å². The van der Waals surface area contributed by atoms with E-state index >= 15 is 0 Å². The molecule has 0 bridgehead atoms. The Hall–Kier alpha value is -0.860. The minimum absolute atomic E-state index is 0.280. The van der Waals surface area contributed by atoms with E-state index in [0.717, 1.165) is 38.9 Å². The van der Waals surface area contributed by atoms with Crippen LogP contribution in [0.25, 0.3) is 0 Å². The van der Waals surface area contributed by atoms with Crippen molar-refractivity contribution < 1.29 is 13.2 Å². The van der Waals surface area contributed by atoms with E-state index in [-0.39, 0.29) is 6.04 Å². The largest absolute Gasteiger partial charge is 0.427 e. The molecule has 120 valence electrons. The van der Waals surface area contributed by atoms with Gasteiger partial charge in [0.1, 0.15) is 4.88 Å². The molecule has 1 aromatic rings. The van der Waals surface area contributed by atoms with Gasteiger partial charge >= 0.3 is 6.18 Å². The van der Waals surface area contributed by atoms with Crippen molar-refractivity contribution in [3.05, 3.63) is 11.1 Å². The quantitative estimate of drug-likeness (QED) is 0.903. The average molecular weight is 322 g/mol. The second-order valence-electron chi connectivity index (χ2n) is 5.23. The fourth-order valence-corrected chi connectivity index (χ4v) is 3.06. The number of rotatable bonds is 5. The summed E-state index contributed by atoms with van der Waals surface area (Å²) in [4.78, 5) is 7.88. The maximum Gasteiger partial charge on any atom is 0.427 e. The van der Waals surface area contributed by atoms with Crippen LogP contribution in [-0.2, 0) is 6.18 Å². The first-order chi connectivity index (χ1) is 9.90. The summed E-state index contributed by atoms with van der Waals surface area (Å²) in [5.41, 5.74) is 0. The van der Waals surface area contributed by atoms with E-state index in [2.05, 4.69) is 33.9 Å². The van der Waals surface area contributed by atoms with E-state index in [1.807, 2.05) is 0 Å². The molecule has 0 radical (unpaired) electrons. The first kappa shape index (κ1) is 16.5. The number of piperazine rings is 1. The molecule has 1 unspecified atom stereocenters. The first-order valence-electron chi connectivity index (χ1n) is 7.13. The molecule has 4 nitrogen and oxygen atoms in total. The molecule has 21 heavy (non-hydrogen) atoms. The van der Waals surface area contributed by atoms with E-state index < -0.39 is 11.1 Å². The molecule has 1 saturated heterocycles. The number of halogens is 3. The molecule has 1 N–H and O–H groups in total. The Bertz CT molecular complexity index is 441.